The van der Waals surface area contributed by atoms with E-state index in [1.807, 2.05) is 24.3 Å². The van der Waals surface area contributed by atoms with E-state index in [1.54, 1.807) is 0 Å². The van der Waals surface area contributed by atoms with E-state index in [9.17, 15) is 0 Å². The van der Waals surface area contributed by atoms with Crippen molar-refractivity contribution in [2.75, 3.05) is 11.9 Å². The normalized spacial score (nSPS) is 14.3. The van der Waals surface area contributed by atoms with Crippen LogP contribution in [0.4, 0.5) is 5.69 Å². The summed E-state index contributed by atoms with van der Waals surface area (Å²) in [5, 5.41) is 15.7. The first-order valence-corrected chi connectivity index (χ1v) is 6.32. The molecular weight excluding hydrogens is 250 g/mol. The summed E-state index contributed by atoms with van der Waals surface area (Å²) in [4.78, 5) is 0. The van der Waals surface area contributed by atoms with Gasteiger partial charge in [-0.05, 0) is 24.3 Å². The quantitative estimate of drug-likeness (QED) is 0.884. The zero-order valence-corrected chi connectivity index (χ0v) is 10.6. The van der Waals surface area contributed by atoms with Crippen molar-refractivity contribution < 1.29 is 0 Å². The van der Waals surface area contributed by atoms with Gasteiger partial charge in [0, 0.05) is 23.8 Å². The summed E-state index contributed by atoms with van der Waals surface area (Å²) in [6, 6.07) is 7.65. The summed E-state index contributed by atoms with van der Waals surface area (Å²) >= 11 is 5.85. The van der Waals surface area contributed by atoms with Crippen LogP contribution in [0.2, 0.25) is 5.02 Å². The van der Waals surface area contributed by atoms with Crippen LogP contribution in [0, 0.1) is 0 Å². The molecule has 2 aromatic rings. The van der Waals surface area contributed by atoms with Gasteiger partial charge < -0.3 is 15.2 Å². The third-order valence-electron chi connectivity index (χ3n) is 2.99. The highest BCUT2D eigenvalue weighted by atomic mass is 35.5. The molecule has 1 aromatic heterocycles. The Morgan fingerprint density at radius 1 is 1.28 bits per heavy atom. The molecule has 1 aliphatic heterocycles. The van der Waals surface area contributed by atoms with Crippen LogP contribution in [-0.2, 0) is 19.6 Å². The lowest BCUT2D eigenvalue weighted by Gasteiger charge is -2.16. The van der Waals surface area contributed by atoms with E-state index >= 15 is 0 Å². The number of nitrogens with one attached hydrogen (secondary N) is 2. The molecule has 6 heteroatoms. The fourth-order valence-electron chi connectivity index (χ4n) is 2.03. The van der Waals surface area contributed by atoms with Crippen LogP contribution >= 0.6 is 11.6 Å². The fourth-order valence-corrected chi connectivity index (χ4v) is 2.16. The van der Waals surface area contributed by atoms with Crippen LogP contribution in [0.1, 0.15) is 11.6 Å². The van der Waals surface area contributed by atoms with E-state index in [1.165, 1.54) is 0 Å². The molecule has 0 aliphatic carbocycles. The zero-order valence-electron chi connectivity index (χ0n) is 9.86. The lowest BCUT2D eigenvalue weighted by atomic mass is 10.3. The topological polar surface area (TPSA) is 54.8 Å². The zero-order chi connectivity index (χ0) is 12.4. The Balaban J connectivity index is 1.70. The summed E-state index contributed by atoms with van der Waals surface area (Å²) < 4.78 is 2.17. The maximum absolute atomic E-state index is 5.85. The molecule has 0 saturated carbocycles. The number of nitrogens with zero attached hydrogens (tertiary/aromatic N) is 3. The molecule has 2 heterocycles. The van der Waals surface area contributed by atoms with Crippen molar-refractivity contribution in [2.45, 2.75) is 19.6 Å². The smallest absolute Gasteiger partial charge is 0.152 e. The summed E-state index contributed by atoms with van der Waals surface area (Å²) in [6.07, 6.45) is 0. The van der Waals surface area contributed by atoms with Crippen LogP contribution in [-0.4, -0.2) is 21.3 Å². The van der Waals surface area contributed by atoms with Gasteiger partial charge in [0.25, 0.3) is 0 Å². The number of aromatic nitrogens is 3. The van der Waals surface area contributed by atoms with Crippen LogP contribution < -0.4 is 10.6 Å². The number of fused-ring (bicyclic) bond motifs is 1. The van der Waals surface area contributed by atoms with E-state index in [-0.39, 0.29) is 0 Å². The Hall–Kier alpha value is -1.59. The maximum atomic E-state index is 5.85. The van der Waals surface area contributed by atoms with Gasteiger partial charge >= 0.3 is 0 Å². The lowest BCUT2D eigenvalue weighted by molar-refractivity contribution is 0.495. The van der Waals surface area contributed by atoms with Gasteiger partial charge in [-0.1, -0.05) is 11.6 Å². The molecular formula is C12H14ClN5. The minimum atomic E-state index is 0.675. The van der Waals surface area contributed by atoms with Gasteiger partial charge in [-0.2, -0.15) is 0 Å². The lowest BCUT2D eigenvalue weighted by Crippen LogP contribution is -2.29. The first kappa shape index (κ1) is 11.5. The molecule has 0 unspecified atom stereocenters. The Kier molecular flexibility index (Phi) is 3.17. The van der Waals surface area contributed by atoms with E-state index < -0.39 is 0 Å². The maximum Gasteiger partial charge on any atom is 0.152 e. The molecule has 0 saturated heterocycles. The number of anilines is 1. The van der Waals surface area contributed by atoms with E-state index in [4.69, 9.17) is 11.6 Å². The van der Waals surface area contributed by atoms with Gasteiger partial charge in [0.15, 0.2) is 5.82 Å². The Labute approximate surface area is 110 Å². The summed E-state index contributed by atoms with van der Waals surface area (Å²) in [5.41, 5.74) is 1.03. The third kappa shape index (κ3) is 2.32. The Morgan fingerprint density at radius 2 is 2.11 bits per heavy atom. The largest absolute Gasteiger partial charge is 0.378 e. The molecule has 3 rings (SSSR count). The third-order valence-corrected chi connectivity index (χ3v) is 3.25. The van der Waals surface area contributed by atoms with Gasteiger partial charge in [-0.25, -0.2) is 0 Å². The van der Waals surface area contributed by atoms with E-state index in [0.29, 0.717) is 6.54 Å². The first-order chi connectivity index (χ1) is 8.83. The van der Waals surface area contributed by atoms with Crippen molar-refractivity contribution >= 4 is 17.3 Å². The highest BCUT2D eigenvalue weighted by molar-refractivity contribution is 6.30. The van der Waals surface area contributed by atoms with Gasteiger partial charge in [0.1, 0.15) is 5.82 Å². The van der Waals surface area contributed by atoms with Crippen LogP contribution in [0.25, 0.3) is 0 Å². The fraction of sp³-hybridized carbons (Fsp3) is 0.333. The first-order valence-electron chi connectivity index (χ1n) is 5.94. The molecule has 0 fully saturated rings. The molecule has 1 aromatic carbocycles. The molecule has 94 valence electrons. The van der Waals surface area contributed by atoms with Gasteiger partial charge in [0.2, 0.25) is 0 Å². The van der Waals surface area contributed by atoms with Gasteiger partial charge in [-0.15, -0.1) is 10.2 Å². The van der Waals surface area contributed by atoms with Crippen LogP contribution in [0.5, 0.6) is 0 Å². The monoisotopic (exact) mass is 263 g/mol. The number of rotatable bonds is 3. The van der Waals surface area contributed by atoms with Crippen molar-refractivity contribution in [3.63, 3.8) is 0 Å². The molecule has 5 nitrogen and oxygen atoms in total. The second kappa shape index (κ2) is 4.96. The molecule has 0 radical (unpaired) electrons. The van der Waals surface area contributed by atoms with E-state index in [2.05, 4.69) is 25.4 Å². The average Bonchev–Trinajstić information content (AvgIpc) is 2.82. The van der Waals surface area contributed by atoms with Gasteiger partial charge in [0.05, 0.1) is 13.1 Å². The Morgan fingerprint density at radius 3 is 2.94 bits per heavy atom. The predicted octanol–water partition coefficient (Wildman–Crippen LogP) is 1.65. The number of halogens is 1. The molecule has 0 bridgehead atoms. The minimum Gasteiger partial charge on any atom is -0.378 e. The molecule has 1 aliphatic rings. The average molecular weight is 264 g/mol. The number of benzene rings is 1. The van der Waals surface area contributed by atoms with Crippen molar-refractivity contribution in [3.8, 4) is 0 Å². The second-order valence-corrected chi connectivity index (χ2v) is 4.66. The summed E-state index contributed by atoms with van der Waals surface area (Å²) in [5.74, 6) is 1.98. The van der Waals surface area contributed by atoms with Crippen molar-refractivity contribution in [1.82, 2.24) is 20.1 Å². The molecule has 0 atom stereocenters. The summed E-state index contributed by atoms with van der Waals surface area (Å²) in [7, 11) is 0. The molecule has 0 amide bonds. The Bertz CT molecular complexity index is 534. The summed E-state index contributed by atoms with van der Waals surface area (Å²) in [6.45, 7) is 3.38. The van der Waals surface area contributed by atoms with Gasteiger partial charge in [-0.3, -0.25) is 0 Å². The number of hydrogen-bond acceptors (Lipinski definition) is 4. The van der Waals surface area contributed by atoms with Crippen molar-refractivity contribution in [1.29, 1.82) is 0 Å². The number of hydrogen-bond donors (Lipinski definition) is 2. The predicted molar refractivity (Wildman–Crippen MR) is 70.5 cm³/mol. The van der Waals surface area contributed by atoms with Crippen molar-refractivity contribution in [2.24, 2.45) is 0 Å². The van der Waals surface area contributed by atoms with Crippen LogP contribution in [0.3, 0.4) is 0 Å². The molecule has 2 N–H and O–H groups in total. The molecule has 0 spiro atoms. The van der Waals surface area contributed by atoms with Crippen LogP contribution in [0.15, 0.2) is 24.3 Å². The second-order valence-electron chi connectivity index (χ2n) is 4.22. The standard InChI is InChI=1S/C12H14ClN5/c13-9-1-3-10(4-2-9)15-8-12-17-16-11-7-14-5-6-18(11)12/h1-4,14-15H,5-8H2. The minimum absolute atomic E-state index is 0.675. The van der Waals surface area contributed by atoms with E-state index in [0.717, 1.165) is 42.0 Å². The SMILES string of the molecule is Clc1ccc(NCc2nnc3n2CCNC3)cc1. The highest BCUT2D eigenvalue weighted by Crippen LogP contribution is 2.14. The van der Waals surface area contributed by atoms with Crippen molar-refractivity contribution in [3.05, 3.63) is 40.9 Å². The molecule has 18 heavy (non-hydrogen) atoms. The highest BCUT2D eigenvalue weighted by Gasteiger charge is 2.14.